The first-order valence-corrected chi connectivity index (χ1v) is 8.25. The molecule has 124 valence electrons. The van der Waals surface area contributed by atoms with Gasteiger partial charge < -0.3 is 15.4 Å². The Morgan fingerprint density at radius 1 is 1.13 bits per heavy atom. The van der Waals surface area contributed by atoms with E-state index in [9.17, 15) is 0 Å². The molecular formula is C17H23ClN4O. The van der Waals surface area contributed by atoms with Gasteiger partial charge in [0.05, 0.1) is 17.6 Å². The maximum atomic E-state index is 6.04. The molecule has 2 aliphatic rings. The summed E-state index contributed by atoms with van der Waals surface area (Å²) in [5.74, 6) is 2.01. The Labute approximate surface area is 142 Å². The van der Waals surface area contributed by atoms with Crippen LogP contribution in [0.1, 0.15) is 25.7 Å². The zero-order valence-corrected chi connectivity index (χ0v) is 13.9. The summed E-state index contributed by atoms with van der Waals surface area (Å²) >= 11 is 0. The SMILES string of the molecule is Cl.c1ccc2nc(OCC3CCCNC3)c(NC3CC3)nc2c1. The second-order valence-corrected chi connectivity index (χ2v) is 6.31. The van der Waals surface area contributed by atoms with E-state index in [2.05, 4.69) is 15.6 Å². The molecule has 6 heteroatoms. The van der Waals surface area contributed by atoms with Crippen LogP contribution < -0.4 is 15.4 Å². The Kier molecular flexibility index (Phi) is 5.18. The fourth-order valence-corrected chi connectivity index (χ4v) is 2.86. The topological polar surface area (TPSA) is 59.1 Å². The Bertz CT molecular complexity index is 656. The van der Waals surface area contributed by atoms with Crippen molar-refractivity contribution in [3.8, 4) is 5.88 Å². The van der Waals surface area contributed by atoms with Gasteiger partial charge in [0.2, 0.25) is 0 Å². The number of fused-ring (bicyclic) bond motifs is 1. The van der Waals surface area contributed by atoms with Crippen LogP contribution in [-0.4, -0.2) is 35.7 Å². The molecule has 0 spiro atoms. The standard InChI is InChI=1S/C17H22N4O.ClH/c1-2-6-15-14(5-1)20-16(19-13-7-8-13)17(21-15)22-11-12-4-3-9-18-10-12;/h1-2,5-6,12-13,18H,3-4,7-11H2,(H,19,20);1H. The van der Waals surface area contributed by atoms with Gasteiger partial charge in [-0.15, -0.1) is 12.4 Å². The van der Waals surface area contributed by atoms with Gasteiger partial charge in [-0.05, 0) is 44.4 Å². The fourth-order valence-electron chi connectivity index (χ4n) is 2.86. The molecule has 4 rings (SSSR count). The van der Waals surface area contributed by atoms with Gasteiger partial charge in [0.25, 0.3) is 5.88 Å². The number of piperidine rings is 1. The number of aromatic nitrogens is 2. The van der Waals surface area contributed by atoms with Crippen molar-refractivity contribution in [3.05, 3.63) is 24.3 Å². The Morgan fingerprint density at radius 2 is 1.91 bits per heavy atom. The van der Waals surface area contributed by atoms with E-state index in [-0.39, 0.29) is 12.4 Å². The van der Waals surface area contributed by atoms with Crippen LogP contribution >= 0.6 is 12.4 Å². The Balaban J connectivity index is 0.00000156. The van der Waals surface area contributed by atoms with Crippen LogP contribution in [0.15, 0.2) is 24.3 Å². The van der Waals surface area contributed by atoms with Crippen LogP contribution in [0.4, 0.5) is 5.82 Å². The summed E-state index contributed by atoms with van der Waals surface area (Å²) in [5, 5.41) is 6.88. The van der Waals surface area contributed by atoms with Crippen molar-refractivity contribution in [2.75, 3.05) is 25.0 Å². The molecule has 1 unspecified atom stereocenters. The number of ether oxygens (including phenoxy) is 1. The molecule has 2 fully saturated rings. The molecule has 1 aliphatic carbocycles. The highest BCUT2D eigenvalue weighted by Crippen LogP contribution is 2.30. The molecular weight excluding hydrogens is 312 g/mol. The van der Waals surface area contributed by atoms with E-state index >= 15 is 0 Å². The van der Waals surface area contributed by atoms with Crippen LogP contribution in [-0.2, 0) is 0 Å². The molecule has 5 nitrogen and oxygen atoms in total. The summed E-state index contributed by atoms with van der Waals surface area (Å²) < 4.78 is 6.04. The van der Waals surface area contributed by atoms with Gasteiger partial charge in [-0.3, -0.25) is 0 Å². The second-order valence-electron chi connectivity index (χ2n) is 6.31. The van der Waals surface area contributed by atoms with Gasteiger partial charge in [-0.1, -0.05) is 12.1 Å². The molecule has 1 aromatic heterocycles. The lowest BCUT2D eigenvalue weighted by atomic mass is 10.0. The normalized spacial score (nSPS) is 20.8. The third-order valence-electron chi connectivity index (χ3n) is 4.31. The summed E-state index contributed by atoms with van der Waals surface area (Å²) in [6, 6.07) is 8.49. The third kappa shape index (κ3) is 4.03. The Hall–Kier alpha value is -1.59. The number of anilines is 1. The van der Waals surface area contributed by atoms with Crippen LogP contribution in [0, 0.1) is 5.92 Å². The molecule has 1 atom stereocenters. The van der Waals surface area contributed by atoms with Gasteiger partial charge in [0.1, 0.15) is 0 Å². The monoisotopic (exact) mass is 334 g/mol. The summed E-state index contributed by atoms with van der Waals surface area (Å²) in [4.78, 5) is 9.38. The molecule has 2 heterocycles. The number of benzene rings is 1. The largest absolute Gasteiger partial charge is 0.475 e. The maximum Gasteiger partial charge on any atom is 0.258 e. The minimum absolute atomic E-state index is 0. The lowest BCUT2D eigenvalue weighted by Crippen LogP contribution is -2.33. The van der Waals surface area contributed by atoms with Gasteiger partial charge in [-0.25, -0.2) is 9.97 Å². The van der Waals surface area contributed by atoms with Crippen molar-refractivity contribution in [2.24, 2.45) is 5.92 Å². The maximum absolute atomic E-state index is 6.04. The van der Waals surface area contributed by atoms with Crippen LogP contribution in [0.5, 0.6) is 5.88 Å². The number of halogens is 1. The first kappa shape index (κ1) is 16.3. The van der Waals surface area contributed by atoms with Gasteiger partial charge >= 0.3 is 0 Å². The molecule has 0 amide bonds. The van der Waals surface area contributed by atoms with Gasteiger partial charge in [0.15, 0.2) is 5.82 Å². The number of hydrogen-bond donors (Lipinski definition) is 2. The molecule has 1 saturated carbocycles. The highest BCUT2D eigenvalue weighted by Gasteiger charge is 2.24. The van der Waals surface area contributed by atoms with E-state index in [4.69, 9.17) is 9.72 Å². The number of nitrogens with zero attached hydrogens (tertiary/aromatic N) is 2. The average Bonchev–Trinajstić information content (AvgIpc) is 3.38. The summed E-state index contributed by atoms with van der Waals surface area (Å²) in [5.41, 5.74) is 1.80. The van der Waals surface area contributed by atoms with Crippen LogP contribution in [0.2, 0.25) is 0 Å². The second kappa shape index (κ2) is 7.32. The van der Waals surface area contributed by atoms with Crippen LogP contribution in [0.25, 0.3) is 11.0 Å². The van der Waals surface area contributed by atoms with Crippen molar-refractivity contribution in [2.45, 2.75) is 31.7 Å². The van der Waals surface area contributed by atoms with Gasteiger partial charge in [0, 0.05) is 18.5 Å². The smallest absolute Gasteiger partial charge is 0.258 e. The molecule has 0 radical (unpaired) electrons. The van der Waals surface area contributed by atoms with E-state index in [1.54, 1.807) is 0 Å². The molecule has 0 bridgehead atoms. The molecule has 23 heavy (non-hydrogen) atoms. The number of nitrogens with one attached hydrogen (secondary N) is 2. The molecule has 2 N–H and O–H groups in total. The summed E-state index contributed by atoms with van der Waals surface area (Å²) in [7, 11) is 0. The van der Waals surface area contributed by atoms with Gasteiger partial charge in [-0.2, -0.15) is 0 Å². The minimum Gasteiger partial charge on any atom is -0.475 e. The van der Waals surface area contributed by atoms with E-state index in [1.165, 1.54) is 25.7 Å². The van der Waals surface area contributed by atoms with E-state index in [0.717, 1.165) is 29.9 Å². The van der Waals surface area contributed by atoms with Crippen LogP contribution in [0.3, 0.4) is 0 Å². The summed E-state index contributed by atoms with van der Waals surface area (Å²) in [6.45, 7) is 2.87. The van der Waals surface area contributed by atoms with E-state index in [1.807, 2.05) is 24.3 Å². The van der Waals surface area contributed by atoms with Crippen molar-refractivity contribution >= 4 is 29.3 Å². The zero-order chi connectivity index (χ0) is 14.8. The quantitative estimate of drug-likeness (QED) is 0.880. The highest BCUT2D eigenvalue weighted by molar-refractivity contribution is 5.85. The molecule has 1 aromatic carbocycles. The number of rotatable bonds is 5. The lowest BCUT2D eigenvalue weighted by molar-refractivity contribution is 0.213. The predicted molar refractivity (Wildman–Crippen MR) is 94.5 cm³/mol. The fraction of sp³-hybridized carbons (Fsp3) is 0.529. The average molecular weight is 335 g/mol. The first-order valence-electron chi connectivity index (χ1n) is 8.25. The lowest BCUT2D eigenvalue weighted by Gasteiger charge is -2.23. The van der Waals surface area contributed by atoms with Crippen molar-refractivity contribution in [3.63, 3.8) is 0 Å². The number of para-hydroxylation sites is 2. The van der Waals surface area contributed by atoms with Crippen molar-refractivity contribution < 1.29 is 4.74 Å². The van der Waals surface area contributed by atoms with E-state index in [0.29, 0.717) is 24.4 Å². The third-order valence-corrected chi connectivity index (χ3v) is 4.31. The molecule has 1 aliphatic heterocycles. The zero-order valence-electron chi connectivity index (χ0n) is 13.1. The highest BCUT2D eigenvalue weighted by atomic mass is 35.5. The van der Waals surface area contributed by atoms with Crippen molar-refractivity contribution in [1.29, 1.82) is 0 Å². The molecule has 2 aromatic rings. The number of hydrogen-bond acceptors (Lipinski definition) is 5. The molecule has 1 saturated heterocycles. The minimum atomic E-state index is 0. The van der Waals surface area contributed by atoms with Crippen molar-refractivity contribution in [1.82, 2.24) is 15.3 Å². The van der Waals surface area contributed by atoms with E-state index < -0.39 is 0 Å². The first-order chi connectivity index (χ1) is 10.9. The summed E-state index contributed by atoms with van der Waals surface area (Å²) in [6.07, 6.45) is 4.87. The predicted octanol–water partition coefficient (Wildman–Crippen LogP) is 3.00. The Morgan fingerprint density at radius 3 is 2.61 bits per heavy atom.